The lowest BCUT2D eigenvalue weighted by Gasteiger charge is -2.63. The van der Waals surface area contributed by atoms with Crippen molar-refractivity contribution in [2.75, 3.05) is 37.6 Å². The average Bonchev–Trinajstić information content (AvgIpc) is 3.09. The highest BCUT2D eigenvalue weighted by atomic mass is 19.1. The van der Waals surface area contributed by atoms with E-state index in [1.54, 1.807) is 6.07 Å². The quantitative estimate of drug-likeness (QED) is 0.246. The standard InChI is InChI=1S/C43H49FN6O5/c1-24-15-31(16-25(2)33(24)18-45)55-41-42(3,4)40(43(41,5)6)48-37(52)27-7-10-30(11-8-27)50-20-26(21-50)19-49-22-29(23-49)28-9-12-32(34(44)17-28)38(53)46-35-13-14-36(51)47-39(35)54/h7-12,15-17,26,29,35,40-41H,13-14,19-23H2,1-6H3,(H,46,53)(H,48,52)(H,47,51,54)/t35-,40?,41?/m0/s1. The zero-order chi connectivity index (χ0) is 39.4. The maximum atomic E-state index is 15.0. The number of aryl methyl sites for hydroxylation is 2. The van der Waals surface area contributed by atoms with Gasteiger partial charge in [0.2, 0.25) is 11.8 Å². The minimum absolute atomic E-state index is 0.105. The Bertz CT molecular complexity index is 2040. The summed E-state index contributed by atoms with van der Waals surface area (Å²) in [4.78, 5) is 54.1. The molecule has 3 aromatic carbocycles. The molecule has 11 nitrogen and oxygen atoms in total. The van der Waals surface area contributed by atoms with E-state index in [0.29, 0.717) is 17.0 Å². The van der Waals surface area contributed by atoms with Crippen LogP contribution < -0.4 is 25.6 Å². The van der Waals surface area contributed by atoms with E-state index in [0.717, 1.165) is 60.9 Å². The molecule has 12 heteroatoms. The molecule has 4 aliphatic rings. The lowest BCUT2D eigenvalue weighted by Crippen LogP contribution is -2.74. The largest absolute Gasteiger partial charge is 0.489 e. The molecule has 1 aliphatic carbocycles. The summed E-state index contributed by atoms with van der Waals surface area (Å²) < 4.78 is 21.5. The molecule has 3 heterocycles. The topological polar surface area (TPSA) is 144 Å². The molecular weight excluding hydrogens is 700 g/mol. The van der Waals surface area contributed by atoms with Crippen molar-refractivity contribution in [2.24, 2.45) is 16.7 Å². The molecule has 55 heavy (non-hydrogen) atoms. The van der Waals surface area contributed by atoms with Crippen LogP contribution in [0.5, 0.6) is 5.75 Å². The Kier molecular flexibility index (Phi) is 9.96. The number of likely N-dealkylation sites (tertiary alicyclic amines) is 1. The van der Waals surface area contributed by atoms with Crippen molar-refractivity contribution in [1.29, 1.82) is 5.26 Å². The van der Waals surface area contributed by atoms with Gasteiger partial charge >= 0.3 is 0 Å². The number of carbonyl (C=O) groups excluding carboxylic acids is 4. The highest BCUT2D eigenvalue weighted by Crippen LogP contribution is 2.55. The van der Waals surface area contributed by atoms with Crippen LogP contribution in [0.1, 0.15) is 89.4 Å². The molecule has 1 saturated carbocycles. The highest BCUT2D eigenvalue weighted by Gasteiger charge is 2.64. The summed E-state index contributed by atoms with van der Waals surface area (Å²) in [5, 5.41) is 17.5. The predicted molar refractivity (Wildman–Crippen MR) is 205 cm³/mol. The molecule has 0 aromatic heterocycles. The fraction of sp³-hybridized carbons (Fsp3) is 0.465. The van der Waals surface area contributed by atoms with Crippen LogP contribution in [0, 0.1) is 47.7 Å². The number of ether oxygens (including phenoxy) is 1. The number of rotatable bonds is 10. The third-order valence-corrected chi connectivity index (χ3v) is 12.2. The van der Waals surface area contributed by atoms with E-state index in [1.165, 1.54) is 12.1 Å². The van der Waals surface area contributed by atoms with E-state index < -0.39 is 23.7 Å². The Morgan fingerprint density at radius 2 is 1.58 bits per heavy atom. The zero-order valence-corrected chi connectivity index (χ0v) is 32.3. The molecular formula is C43H49FN6O5. The van der Waals surface area contributed by atoms with E-state index in [9.17, 15) is 28.8 Å². The molecule has 7 rings (SSSR count). The predicted octanol–water partition coefficient (Wildman–Crippen LogP) is 5.00. The first-order valence-electron chi connectivity index (χ1n) is 19.1. The summed E-state index contributed by atoms with van der Waals surface area (Å²) in [5.74, 6) is -0.933. The van der Waals surface area contributed by atoms with Crippen LogP contribution in [0.3, 0.4) is 0 Å². The summed E-state index contributed by atoms with van der Waals surface area (Å²) in [6.45, 7) is 16.7. The van der Waals surface area contributed by atoms with Crippen LogP contribution in [-0.4, -0.2) is 79.4 Å². The minimum Gasteiger partial charge on any atom is -0.489 e. The molecule has 0 spiro atoms. The van der Waals surface area contributed by atoms with Crippen molar-refractivity contribution in [3.05, 3.63) is 93.8 Å². The lowest BCUT2D eigenvalue weighted by molar-refractivity contribution is -0.164. The van der Waals surface area contributed by atoms with Gasteiger partial charge in [0.25, 0.3) is 11.8 Å². The van der Waals surface area contributed by atoms with E-state index in [-0.39, 0.29) is 59.1 Å². The number of nitrogens with zero attached hydrogens (tertiary/aromatic N) is 3. The second-order valence-corrected chi connectivity index (χ2v) is 17.0. The number of nitriles is 1. The Morgan fingerprint density at radius 1 is 0.927 bits per heavy atom. The number of halogens is 1. The molecule has 288 valence electrons. The molecule has 4 amide bonds. The Morgan fingerprint density at radius 3 is 2.18 bits per heavy atom. The number of nitrogens with one attached hydrogen (secondary N) is 3. The lowest BCUT2D eigenvalue weighted by atomic mass is 9.49. The van der Waals surface area contributed by atoms with Crippen molar-refractivity contribution in [1.82, 2.24) is 20.9 Å². The van der Waals surface area contributed by atoms with Gasteiger partial charge in [-0.15, -0.1) is 0 Å². The van der Waals surface area contributed by atoms with E-state index in [1.807, 2.05) is 50.2 Å². The van der Waals surface area contributed by atoms with E-state index in [2.05, 4.69) is 59.5 Å². The third-order valence-electron chi connectivity index (χ3n) is 12.2. The van der Waals surface area contributed by atoms with Crippen molar-refractivity contribution in [3.63, 3.8) is 0 Å². The SMILES string of the molecule is Cc1cc(OC2C(C)(C)C(NC(=O)c3ccc(N4CC(CN5CC(c6ccc(C(=O)N[C@H]7CCC(=O)NC7=O)c(F)c6)C5)C4)cc3)C2(C)C)cc(C)c1C#N. The number of hydrogen-bond donors (Lipinski definition) is 3. The van der Waals surface area contributed by atoms with Gasteiger partial charge < -0.3 is 25.2 Å². The molecule has 0 unspecified atom stereocenters. The number of hydrogen-bond acceptors (Lipinski definition) is 8. The zero-order valence-electron chi connectivity index (χ0n) is 32.3. The number of carbonyl (C=O) groups is 4. The van der Waals surface area contributed by atoms with E-state index >= 15 is 0 Å². The van der Waals surface area contributed by atoms with Gasteiger partial charge in [-0.25, -0.2) is 4.39 Å². The number of piperidine rings is 1. The first-order valence-corrected chi connectivity index (χ1v) is 19.1. The van der Waals surface area contributed by atoms with Gasteiger partial charge in [-0.1, -0.05) is 33.8 Å². The summed E-state index contributed by atoms with van der Waals surface area (Å²) >= 11 is 0. The maximum absolute atomic E-state index is 15.0. The Labute approximate surface area is 321 Å². The van der Waals surface area contributed by atoms with Crippen molar-refractivity contribution >= 4 is 29.3 Å². The van der Waals surface area contributed by atoms with Gasteiger partial charge in [0, 0.05) is 79.1 Å². The highest BCUT2D eigenvalue weighted by molar-refractivity contribution is 6.03. The van der Waals surface area contributed by atoms with Crippen molar-refractivity contribution < 1.29 is 28.3 Å². The molecule has 3 N–H and O–H groups in total. The minimum atomic E-state index is -0.858. The van der Waals surface area contributed by atoms with Gasteiger partial charge in [0.15, 0.2) is 0 Å². The monoisotopic (exact) mass is 748 g/mol. The fourth-order valence-corrected chi connectivity index (χ4v) is 9.37. The van der Waals surface area contributed by atoms with Crippen molar-refractivity contribution in [2.45, 2.75) is 78.5 Å². The molecule has 0 bridgehead atoms. The third kappa shape index (κ3) is 7.30. The van der Waals surface area contributed by atoms with Crippen LogP contribution in [0.25, 0.3) is 0 Å². The first-order chi connectivity index (χ1) is 26.0. The second-order valence-electron chi connectivity index (χ2n) is 17.0. The number of amides is 4. The smallest absolute Gasteiger partial charge is 0.254 e. The number of anilines is 1. The van der Waals surface area contributed by atoms with Crippen LogP contribution in [0.4, 0.5) is 10.1 Å². The van der Waals surface area contributed by atoms with E-state index in [4.69, 9.17) is 4.74 Å². The molecule has 1 atom stereocenters. The first kappa shape index (κ1) is 38.0. The number of benzene rings is 3. The van der Waals surface area contributed by atoms with Crippen molar-refractivity contribution in [3.8, 4) is 11.8 Å². The Balaban J connectivity index is 0.851. The summed E-state index contributed by atoms with van der Waals surface area (Å²) in [6, 6.07) is 17.6. The molecule has 3 aliphatic heterocycles. The van der Waals surface area contributed by atoms with Gasteiger partial charge in [-0.2, -0.15) is 5.26 Å². The van der Waals surface area contributed by atoms with Gasteiger partial charge in [-0.05, 0) is 85.5 Å². The van der Waals surface area contributed by atoms with Gasteiger partial charge in [0.1, 0.15) is 23.7 Å². The van der Waals surface area contributed by atoms with Crippen LogP contribution in [-0.2, 0) is 9.59 Å². The van der Waals surface area contributed by atoms with Crippen LogP contribution in [0.15, 0.2) is 54.6 Å². The average molecular weight is 749 g/mol. The summed E-state index contributed by atoms with van der Waals surface area (Å²) in [6.07, 6.45) is 0.186. The second kappa shape index (κ2) is 14.4. The molecule has 0 radical (unpaired) electrons. The normalized spacial score (nSPS) is 23.4. The van der Waals surface area contributed by atoms with Gasteiger partial charge in [-0.3, -0.25) is 24.5 Å². The van der Waals surface area contributed by atoms with Gasteiger partial charge in [0.05, 0.1) is 17.2 Å². The summed E-state index contributed by atoms with van der Waals surface area (Å²) in [7, 11) is 0. The van der Waals surface area contributed by atoms with Crippen LogP contribution >= 0.6 is 0 Å². The maximum Gasteiger partial charge on any atom is 0.254 e. The number of imide groups is 1. The Hall–Kier alpha value is -5.28. The molecule has 4 fully saturated rings. The van der Waals surface area contributed by atoms with Crippen LogP contribution in [0.2, 0.25) is 0 Å². The molecule has 3 saturated heterocycles. The summed E-state index contributed by atoms with van der Waals surface area (Å²) in [5.41, 5.74) is 4.22. The fourth-order valence-electron chi connectivity index (χ4n) is 9.37. The molecule has 3 aromatic rings.